The molecule has 2 aromatic rings. The summed E-state index contributed by atoms with van der Waals surface area (Å²) in [6.07, 6.45) is 0.113. The number of halogens is 1. The van der Waals surface area contributed by atoms with Crippen molar-refractivity contribution >= 4 is 28.9 Å². The zero-order valence-electron chi connectivity index (χ0n) is 13.3. The van der Waals surface area contributed by atoms with Gasteiger partial charge in [-0.3, -0.25) is 14.9 Å². The van der Waals surface area contributed by atoms with Gasteiger partial charge in [0.1, 0.15) is 5.75 Å². The Morgan fingerprint density at radius 3 is 2.50 bits per heavy atom. The van der Waals surface area contributed by atoms with Crippen LogP contribution in [0.4, 0.5) is 11.4 Å². The molecule has 1 N–H and O–H groups in total. The first-order valence-electron chi connectivity index (χ1n) is 7.41. The molecule has 0 saturated heterocycles. The van der Waals surface area contributed by atoms with Gasteiger partial charge in [-0.1, -0.05) is 30.7 Å². The summed E-state index contributed by atoms with van der Waals surface area (Å²) in [5, 5.41) is 13.5. The van der Waals surface area contributed by atoms with Crippen LogP contribution in [0, 0.1) is 10.1 Å². The van der Waals surface area contributed by atoms with Gasteiger partial charge in [0.25, 0.3) is 11.6 Å². The second kappa shape index (κ2) is 7.79. The van der Waals surface area contributed by atoms with Crippen molar-refractivity contribution in [2.24, 2.45) is 0 Å². The summed E-state index contributed by atoms with van der Waals surface area (Å²) < 4.78 is 5.49. The Hall–Kier alpha value is -2.60. The zero-order valence-corrected chi connectivity index (χ0v) is 14.0. The lowest BCUT2D eigenvalue weighted by atomic mass is 10.1. The molecule has 0 aliphatic carbocycles. The van der Waals surface area contributed by atoms with Crippen LogP contribution in [-0.4, -0.2) is 16.9 Å². The maximum atomic E-state index is 12.2. The molecule has 1 amide bonds. The number of nitro benzene ring substituents is 1. The summed E-state index contributed by atoms with van der Waals surface area (Å²) in [5.41, 5.74) is 1.71. The minimum absolute atomic E-state index is 0.0798. The van der Waals surface area contributed by atoms with Gasteiger partial charge in [-0.05, 0) is 37.1 Å². The highest BCUT2D eigenvalue weighted by atomic mass is 35.5. The van der Waals surface area contributed by atoms with Gasteiger partial charge in [-0.25, -0.2) is 0 Å². The Morgan fingerprint density at radius 2 is 1.96 bits per heavy atom. The predicted molar refractivity (Wildman–Crippen MR) is 92.6 cm³/mol. The van der Waals surface area contributed by atoms with Gasteiger partial charge in [0, 0.05) is 17.8 Å². The first-order chi connectivity index (χ1) is 11.4. The lowest BCUT2D eigenvalue weighted by Crippen LogP contribution is -2.30. The number of nitro groups is 1. The van der Waals surface area contributed by atoms with Crippen LogP contribution in [0.25, 0.3) is 0 Å². The fraction of sp³-hybridized carbons (Fsp3) is 0.235. The summed E-state index contributed by atoms with van der Waals surface area (Å²) in [6.45, 7) is 3.63. The molecule has 0 bridgehead atoms. The van der Waals surface area contributed by atoms with E-state index in [0.717, 1.165) is 6.42 Å². The number of amides is 1. The Labute approximate surface area is 144 Å². The molecule has 0 saturated carbocycles. The number of nitrogens with one attached hydrogen (secondary N) is 1. The van der Waals surface area contributed by atoms with Crippen molar-refractivity contribution in [3.63, 3.8) is 0 Å². The molecule has 0 aliphatic rings. The van der Waals surface area contributed by atoms with Gasteiger partial charge in [0.05, 0.1) is 9.95 Å². The van der Waals surface area contributed by atoms with E-state index in [1.807, 2.05) is 24.3 Å². The first-order valence-corrected chi connectivity index (χ1v) is 7.79. The quantitative estimate of drug-likeness (QED) is 0.626. The van der Waals surface area contributed by atoms with Gasteiger partial charge >= 0.3 is 0 Å². The minimum Gasteiger partial charge on any atom is -0.479 e. The van der Waals surface area contributed by atoms with E-state index in [1.165, 1.54) is 23.8 Å². The third kappa shape index (κ3) is 4.45. The highest BCUT2D eigenvalue weighted by molar-refractivity contribution is 6.32. The maximum Gasteiger partial charge on any atom is 0.271 e. The third-order valence-corrected chi connectivity index (χ3v) is 3.72. The summed E-state index contributed by atoms with van der Waals surface area (Å²) in [4.78, 5) is 22.3. The number of non-ortho nitro benzene ring substituents is 1. The van der Waals surface area contributed by atoms with Crippen molar-refractivity contribution in [3.8, 4) is 5.75 Å². The van der Waals surface area contributed by atoms with Crippen LogP contribution in [0.2, 0.25) is 5.02 Å². The molecule has 7 heteroatoms. The van der Waals surface area contributed by atoms with Gasteiger partial charge in [0.2, 0.25) is 0 Å². The van der Waals surface area contributed by atoms with Gasteiger partial charge in [-0.2, -0.15) is 0 Å². The lowest BCUT2D eigenvalue weighted by molar-refractivity contribution is -0.384. The topological polar surface area (TPSA) is 81.5 Å². The number of rotatable bonds is 6. The molecule has 1 atom stereocenters. The van der Waals surface area contributed by atoms with E-state index < -0.39 is 11.0 Å². The number of benzene rings is 2. The van der Waals surface area contributed by atoms with Gasteiger partial charge in [-0.15, -0.1) is 0 Å². The second-order valence-electron chi connectivity index (χ2n) is 5.17. The number of ether oxygens (including phenoxy) is 1. The van der Waals surface area contributed by atoms with E-state index >= 15 is 0 Å². The minimum atomic E-state index is -0.810. The standard InChI is InChI=1S/C17H17ClN2O4/c1-3-12-4-6-13(7-5-12)19-17(21)11(2)24-16-9-8-14(20(22)23)10-15(16)18/h4-11H,3H2,1-2H3,(H,19,21)/t11-/m1/s1. The Morgan fingerprint density at radius 1 is 1.29 bits per heavy atom. The van der Waals surface area contributed by atoms with E-state index in [0.29, 0.717) is 5.69 Å². The molecule has 126 valence electrons. The molecule has 2 aromatic carbocycles. The maximum absolute atomic E-state index is 12.2. The molecule has 0 spiro atoms. The van der Waals surface area contributed by atoms with Crippen LogP contribution in [0.3, 0.4) is 0 Å². The fourth-order valence-electron chi connectivity index (χ4n) is 2.01. The highest BCUT2D eigenvalue weighted by Crippen LogP contribution is 2.29. The van der Waals surface area contributed by atoms with Crippen molar-refractivity contribution in [1.82, 2.24) is 0 Å². The van der Waals surface area contributed by atoms with E-state index in [1.54, 1.807) is 6.92 Å². The van der Waals surface area contributed by atoms with Gasteiger partial charge in [0.15, 0.2) is 6.10 Å². The van der Waals surface area contributed by atoms with Crippen LogP contribution in [0.5, 0.6) is 5.75 Å². The second-order valence-corrected chi connectivity index (χ2v) is 5.58. The molecule has 0 unspecified atom stereocenters. The smallest absolute Gasteiger partial charge is 0.271 e. The summed E-state index contributed by atoms with van der Waals surface area (Å²) in [7, 11) is 0. The molecular weight excluding hydrogens is 332 g/mol. The Kier molecular flexibility index (Phi) is 5.76. The van der Waals surface area contributed by atoms with E-state index in [9.17, 15) is 14.9 Å². The molecule has 2 rings (SSSR count). The fourth-order valence-corrected chi connectivity index (χ4v) is 2.23. The average molecular weight is 349 g/mol. The molecule has 6 nitrogen and oxygen atoms in total. The number of carbonyl (C=O) groups excluding carboxylic acids is 1. The van der Waals surface area contributed by atoms with Crippen LogP contribution >= 0.6 is 11.6 Å². The molecule has 24 heavy (non-hydrogen) atoms. The van der Waals surface area contributed by atoms with E-state index in [2.05, 4.69) is 12.2 Å². The normalized spacial score (nSPS) is 11.6. The SMILES string of the molecule is CCc1ccc(NC(=O)[C@@H](C)Oc2ccc([N+](=O)[O-])cc2Cl)cc1. The number of aryl methyl sites for hydroxylation is 1. The number of hydrogen-bond donors (Lipinski definition) is 1. The van der Waals surface area contributed by atoms with Crippen LogP contribution in [-0.2, 0) is 11.2 Å². The lowest BCUT2D eigenvalue weighted by Gasteiger charge is -2.15. The van der Waals surface area contributed by atoms with Crippen LogP contribution < -0.4 is 10.1 Å². The largest absolute Gasteiger partial charge is 0.479 e. The van der Waals surface area contributed by atoms with Gasteiger partial charge < -0.3 is 10.1 Å². The van der Waals surface area contributed by atoms with Crippen molar-refractivity contribution in [1.29, 1.82) is 0 Å². The Bertz CT molecular complexity index is 747. The molecule has 0 aliphatic heterocycles. The third-order valence-electron chi connectivity index (χ3n) is 3.43. The van der Waals surface area contributed by atoms with E-state index in [4.69, 9.17) is 16.3 Å². The summed E-state index contributed by atoms with van der Waals surface area (Å²) in [6, 6.07) is 11.4. The van der Waals surface area contributed by atoms with Crippen LogP contribution in [0.1, 0.15) is 19.4 Å². The zero-order chi connectivity index (χ0) is 17.7. The number of hydrogen-bond acceptors (Lipinski definition) is 4. The molecule has 0 radical (unpaired) electrons. The van der Waals surface area contributed by atoms with Crippen molar-refractivity contribution in [3.05, 3.63) is 63.2 Å². The summed E-state index contributed by atoms with van der Waals surface area (Å²) >= 11 is 5.95. The highest BCUT2D eigenvalue weighted by Gasteiger charge is 2.18. The molecule has 0 fully saturated rings. The number of nitrogens with zero attached hydrogens (tertiary/aromatic N) is 1. The molecular formula is C17H17ClN2O4. The summed E-state index contributed by atoms with van der Waals surface area (Å²) in [5.74, 6) is -0.125. The molecule has 0 aromatic heterocycles. The Balaban J connectivity index is 2.01. The van der Waals surface area contributed by atoms with E-state index in [-0.39, 0.29) is 22.4 Å². The van der Waals surface area contributed by atoms with Crippen molar-refractivity contribution in [2.45, 2.75) is 26.4 Å². The predicted octanol–water partition coefficient (Wildman–Crippen LogP) is 4.22. The monoisotopic (exact) mass is 348 g/mol. The average Bonchev–Trinajstić information content (AvgIpc) is 2.57. The molecule has 0 heterocycles. The van der Waals surface area contributed by atoms with Crippen molar-refractivity contribution < 1.29 is 14.5 Å². The first kappa shape index (κ1) is 17.7. The number of anilines is 1. The number of carbonyl (C=O) groups is 1. The van der Waals surface area contributed by atoms with Crippen LogP contribution in [0.15, 0.2) is 42.5 Å². The van der Waals surface area contributed by atoms with Crippen molar-refractivity contribution in [2.75, 3.05) is 5.32 Å².